The first-order valence-electron chi connectivity index (χ1n) is 12.1. The van der Waals surface area contributed by atoms with Gasteiger partial charge in [-0.05, 0) is 17.2 Å². The number of urea groups is 1. The van der Waals surface area contributed by atoms with Crippen LogP contribution in [0.4, 0.5) is 10.7 Å². The molecule has 4 amide bonds. The molecule has 2 aliphatic heterocycles. The SMILES string of the molecule is O=C(CN1C(=O)NC(Cc2ccccc2)(Cc2ccccc2)C1=O)N1CCN(c2ncccn2)CC1. The quantitative estimate of drug-likeness (QED) is 0.515. The Balaban J connectivity index is 1.29. The lowest BCUT2D eigenvalue weighted by atomic mass is 9.84. The number of anilines is 1. The van der Waals surface area contributed by atoms with Crippen molar-refractivity contribution in [3.63, 3.8) is 0 Å². The van der Waals surface area contributed by atoms with Crippen molar-refractivity contribution in [3.05, 3.63) is 90.3 Å². The summed E-state index contributed by atoms with van der Waals surface area (Å²) in [7, 11) is 0. The fourth-order valence-corrected chi connectivity index (χ4v) is 4.86. The van der Waals surface area contributed by atoms with Crippen molar-refractivity contribution < 1.29 is 14.4 Å². The fourth-order valence-electron chi connectivity index (χ4n) is 4.86. The van der Waals surface area contributed by atoms with Crippen LogP contribution in [0.2, 0.25) is 0 Å². The molecule has 2 aromatic carbocycles. The van der Waals surface area contributed by atoms with E-state index < -0.39 is 11.6 Å². The number of carbonyl (C=O) groups is 3. The number of nitrogens with one attached hydrogen (secondary N) is 1. The molecule has 5 rings (SSSR count). The molecule has 0 radical (unpaired) electrons. The van der Waals surface area contributed by atoms with Gasteiger partial charge in [0.25, 0.3) is 5.91 Å². The average molecular weight is 485 g/mol. The van der Waals surface area contributed by atoms with Gasteiger partial charge in [-0.15, -0.1) is 0 Å². The molecule has 184 valence electrons. The van der Waals surface area contributed by atoms with Crippen molar-refractivity contribution in [1.29, 1.82) is 0 Å². The monoisotopic (exact) mass is 484 g/mol. The Morgan fingerprint density at radius 2 is 1.36 bits per heavy atom. The molecule has 36 heavy (non-hydrogen) atoms. The third-order valence-electron chi connectivity index (χ3n) is 6.70. The molecule has 3 aromatic rings. The van der Waals surface area contributed by atoms with Crippen LogP contribution in [0.3, 0.4) is 0 Å². The number of benzene rings is 2. The van der Waals surface area contributed by atoms with Gasteiger partial charge in [-0.1, -0.05) is 60.7 Å². The molecule has 3 heterocycles. The summed E-state index contributed by atoms with van der Waals surface area (Å²) in [5, 5.41) is 2.94. The number of aromatic nitrogens is 2. The molecule has 0 bridgehead atoms. The molecule has 2 fully saturated rings. The zero-order valence-corrected chi connectivity index (χ0v) is 19.9. The summed E-state index contributed by atoms with van der Waals surface area (Å²) >= 11 is 0. The van der Waals surface area contributed by atoms with E-state index in [-0.39, 0.29) is 18.4 Å². The van der Waals surface area contributed by atoms with Crippen LogP contribution in [-0.4, -0.2) is 75.9 Å². The van der Waals surface area contributed by atoms with Gasteiger partial charge in [0.15, 0.2) is 0 Å². The molecule has 9 nitrogen and oxygen atoms in total. The number of piperazine rings is 1. The van der Waals surface area contributed by atoms with Crippen molar-refractivity contribution >= 4 is 23.8 Å². The number of amides is 4. The highest BCUT2D eigenvalue weighted by atomic mass is 16.2. The Hall–Kier alpha value is -4.27. The van der Waals surface area contributed by atoms with E-state index in [9.17, 15) is 14.4 Å². The van der Waals surface area contributed by atoms with Crippen LogP contribution in [0.1, 0.15) is 11.1 Å². The third-order valence-corrected chi connectivity index (χ3v) is 6.70. The molecular formula is C27H28N6O3. The maximum absolute atomic E-state index is 13.7. The lowest BCUT2D eigenvalue weighted by Crippen LogP contribution is -2.53. The van der Waals surface area contributed by atoms with Gasteiger partial charge in [0.2, 0.25) is 11.9 Å². The van der Waals surface area contributed by atoms with Crippen LogP contribution < -0.4 is 10.2 Å². The summed E-state index contributed by atoms with van der Waals surface area (Å²) in [5.41, 5.74) is 0.729. The maximum atomic E-state index is 13.7. The van der Waals surface area contributed by atoms with Gasteiger partial charge in [-0.3, -0.25) is 14.5 Å². The third kappa shape index (κ3) is 4.91. The van der Waals surface area contributed by atoms with Crippen LogP contribution in [0.25, 0.3) is 0 Å². The van der Waals surface area contributed by atoms with E-state index in [1.807, 2.05) is 65.6 Å². The first kappa shape index (κ1) is 23.5. The molecule has 0 unspecified atom stereocenters. The summed E-state index contributed by atoms with van der Waals surface area (Å²) in [6.07, 6.45) is 4.06. The summed E-state index contributed by atoms with van der Waals surface area (Å²) in [6, 6.07) is 20.5. The largest absolute Gasteiger partial charge is 0.338 e. The van der Waals surface area contributed by atoms with Gasteiger partial charge >= 0.3 is 6.03 Å². The fraction of sp³-hybridized carbons (Fsp3) is 0.296. The van der Waals surface area contributed by atoms with Gasteiger partial charge in [-0.25, -0.2) is 14.8 Å². The number of carbonyl (C=O) groups excluding carboxylic acids is 3. The first-order valence-corrected chi connectivity index (χ1v) is 12.1. The Labute approximate surface area is 209 Å². The second-order valence-corrected chi connectivity index (χ2v) is 9.14. The Morgan fingerprint density at radius 3 is 1.92 bits per heavy atom. The number of hydrogen-bond donors (Lipinski definition) is 1. The number of nitrogens with zero attached hydrogens (tertiary/aromatic N) is 5. The standard InChI is InChI=1S/C27H28N6O3/c34-23(31-14-16-32(17-15-31)25-28-12-7-13-29-25)20-33-24(35)27(30-26(33)36,18-21-8-3-1-4-9-21)19-22-10-5-2-6-11-22/h1-13H,14-20H2,(H,30,36). The smallest absolute Gasteiger partial charge is 0.325 e. The van der Waals surface area contributed by atoms with Crippen molar-refractivity contribution in [3.8, 4) is 0 Å². The van der Waals surface area contributed by atoms with Crippen molar-refractivity contribution in [2.24, 2.45) is 0 Å². The molecule has 1 aromatic heterocycles. The predicted molar refractivity (Wildman–Crippen MR) is 134 cm³/mol. The predicted octanol–water partition coefficient (Wildman–Crippen LogP) is 1.90. The van der Waals surface area contributed by atoms with Crippen LogP contribution in [0, 0.1) is 0 Å². The molecular weight excluding hydrogens is 456 g/mol. The van der Waals surface area contributed by atoms with Gasteiger partial charge < -0.3 is 15.1 Å². The highest BCUT2D eigenvalue weighted by Gasteiger charge is 2.51. The van der Waals surface area contributed by atoms with Crippen LogP contribution in [0.15, 0.2) is 79.1 Å². The Bertz CT molecular complexity index is 1170. The molecule has 1 N–H and O–H groups in total. The summed E-state index contributed by atoms with van der Waals surface area (Å²) < 4.78 is 0. The minimum Gasteiger partial charge on any atom is -0.338 e. The normalized spacial score (nSPS) is 17.3. The zero-order valence-electron chi connectivity index (χ0n) is 19.9. The van der Waals surface area contributed by atoms with E-state index in [1.54, 1.807) is 23.4 Å². The van der Waals surface area contributed by atoms with Crippen LogP contribution in [0.5, 0.6) is 0 Å². The van der Waals surface area contributed by atoms with E-state index in [0.717, 1.165) is 16.0 Å². The molecule has 0 atom stereocenters. The minimum absolute atomic E-state index is 0.248. The topological polar surface area (TPSA) is 98.7 Å². The Kier molecular flexibility index (Phi) is 6.62. The highest BCUT2D eigenvalue weighted by molar-refractivity contribution is 6.09. The first-order chi connectivity index (χ1) is 17.5. The van der Waals surface area contributed by atoms with Crippen LogP contribution in [-0.2, 0) is 22.4 Å². The van der Waals surface area contributed by atoms with Gasteiger partial charge in [-0.2, -0.15) is 0 Å². The minimum atomic E-state index is -1.15. The van der Waals surface area contributed by atoms with Crippen molar-refractivity contribution in [2.75, 3.05) is 37.6 Å². The van der Waals surface area contributed by atoms with Gasteiger partial charge in [0.05, 0.1) is 0 Å². The highest BCUT2D eigenvalue weighted by Crippen LogP contribution is 2.27. The molecule has 0 spiro atoms. The van der Waals surface area contributed by atoms with Gasteiger partial charge in [0, 0.05) is 51.4 Å². The molecule has 2 aliphatic rings. The Morgan fingerprint density at radius 1 is 0.806 bits per heavy atom. The van der Waals surface area contributed by atoms with E-state index >= 15 is 0 Å². The van der Waals surface area contributed by atoms with Crippen LogP contribution >= 0.6 is 0 Å². The molecule has 9 heteroatoms. The van der Waals surface area contributed by atoms with Crippen molar-refractivity contribution in [2.45, 2.75) is 18.4 Å². The zero-order chi connectivity index (χ0) is 25.0. The molecule has 0 saturated carbocycles. The number of imide groups is 1. The summed E-state index contributed by atoms with van der Waals surface area (Å²) in [4.78, 5) is 53.2. The van der Waals surface area contributed by atoms with E-state index in [1.165, 1.54) is 0 Å². The number of hydrogen-bond acceptors (Lipinski definition) is 6. The van der Waals surface area contributed by atoms with Crippen molar-refractivity contribution in [1.82, 2.24) is 25.1 Å². The molecule has 2 saturated heterocycles. The van der Waals surface area contributed by atoms with E-state index in [0.29, 0.717) is 45.0 Å². The lowest BCUT2D eigenvalue weighted by molar-refractivity contribution is -0.139. The lowest BCUT2D eigenvalue weighted by Gasteiger charge is -2.35. The van der Waals surface area contributed by atoms with E-state index in [4.69, 9.17) is 0 Å². The summed E-state index contributed by atoms with van der Waals surface area (Å²) in [6.45, 7) is 1.83. The second-order valence-electron chi connectivity index (χ2n) is 9.14. The summed E-state index contributed by atoms with van der Waals surface area (Å²) in [5.74, 6) is 0.0116. The number of rotatable bonds is 7. The average Bonchev–Trinajstić information content (AvgIpc) is 3.14. The molecule has 0 aliphatic carbocycles. The maximum Gasteiger partial charge on any atom is 0.325 e. The van der Waals surface area contributed by atoms with E-state index in [2.05, 4.69) is 15.3 Å². The van der Waals surface area contributed by atoms with Gasteiger partial charge in [0.1, 0.15) is 12.1 Å². The second kappa shape index (κ2) is 10.2.